The Hall–Kier alpha value is -2.97. The number of nitrogens with zero attached hydrogens (tertiary/aromatic N) is 3. The Bertz CT molecular complexity index is 958. The number of halogens is 1. The van der Waals surface area contributed by atoms with Crippen molar-refractivity contribution in [3.8, 4) is 11.5 Å². The number of hydrogen-bond donors (Lipinski definition) is 0. The second-order valence-corrected chi connectivity index (χ2v) is 7.51. The number of amides is 1. The summed E-state index contributed by atoms with van der Waals surface area (Å²) in [7, 11) is 3.19. The molecule has 1 saturated heterocycles. The van der Waals surface area contributed by atoms with Crippen molar-refractivity contribution in [2.24, 2.45) is 5.10 Å². The molecule has 0 aromatic heterocycles. The second-order valence-electron chi connectivity index (χ2n) is 7.51. The smallest absolute Gasteiger partial charge is 0.257 e. The molecule has 0 spiro atoms. The zero-order valence-corrected chi connectivity index (χ0v) is 17.7. The lowest BCUT2D eigenvalue weighted by molar-refractivity contribution is -0.135. The molecular formula is C23H26FN3O4. The summed E-state index contributed by atoms with van der Waals surface area (Å²) in [6.07, 6.45) is 0.503. The maximum absolute atomic E-state index is 13.5. The van der Waals surface area contributed by atoms with Crippen LogP contribution in [0.15, 0.2) is 47.6 Å². The molecular weight excluding hydrogens is 401 g/mol. The molecule has 7 nitrogen and oxygen atoms in total. The molecule has 164 valence electrons. The van der Waals surface area contributed by atoms with Crippen LogP contribution in [0.2, 0.25) is 0 Å². The minimum absolute atomic E-state index is 0.0984. The Morgan fingerprint density at radius 3 is 2.55 bits per heavy atom. The van der Waals surface area contributed by atoms with E-state index in [1.165, 1.54) is 17.1 Å². The Balaban J connectivity index is 1.64. The molecule has 1 amide bonds. The molecule has 2 aliphatic heterocycles. The van der Waals surface area contributed by atoms with Crippen molar-refractivity contribution >= 4 is 11.6 Å². The molecule has 2 aliphatic rings. The summed E-state index contributed by atoms with van der Waals surface area (Å²) in [6, 6.07) is 11.4. The quantitative estimate of drug-likeness (QED) is 0.710. The first-order valence-corrected chi connectivity index (χ1v) is 10.3. The number of methoxy groups -OCH3 is 2. The van der Waals surface area contributed by atoms with Crippen molar-refractivity contribution in [3.05, 3.63) is 59.4 Å². The first-order chi connectivity index (χ1) is 15.1. The third-order valence-corrected chi connectivity index (χ3v) is 5.60. The summed E-state index contributed by atoms with van der Waals surface area (Å²) < 4.78 is 29.7. The summed E-state index contributed by atoms with van der Waals surface area (Å²) in [5.74, 6) is 0.887. The molecule has 0 unspecified atom stereocenters. The molecule has 31 heavy (non-hydrogen) atoms. The lowest BCUT2D eigenvalue weighted by Crippen LogP contribution is -2.43. The van der Waals surface area contributed by atoms with Crippen LogP contribution in [0.1, 0.15) is 23.6 Å². The van der Waals surface area contributed by atoms with Gasteiger partial charge in [0.15, 0.2) is 0 Å². The van der Waals surface area contributed by atoms with E-state index < -0.39 is 0 Å². The van der Waals surface area contributed by atoms with Gasteiger partial charge in [0.25, 0.3) is 5.91 Å². The predicted molar refractivity (Wildman–Crippen MR) is 114 cm³/mol. The van der Waals surface area contributed by atoms with Gasteiger partial charge in [0.05, 0.1) is 45.7 Å². The Kier molecular flexibility index (Phi) is 6.48. The highest BCUT2D eigenvalue weighted by molar-refractivity contribution is 6.05. The van der Waals surface area contributed by atoms with Gasteiger partial charge in [0.2, 0.25) is 0 Å². The van der Waals surface area contributed by atoms with Crippen molar-refractivity contribution in [1.29, 1.82) is 0 Å². The van der Waals surface area contributed by atoms with E-state index in [2.05, 4.69) is 4.90 Å². The Morgan fingerprint density at radius 1 is 1.13 bits per heavy atom. The summed E-state index contributed by atoms with van der Waals surface area (Å²) in [6.45, 7) is 2.92. The van der Waals surface area contributed by atoms with E-state index in [4.69, 9.17) is 19.3 Å². The zero-order valence-electron chi connectivity index (χ0n) is 17.7. The van der Waals surface area contributed by atoms with Gasteiger partial charge < -0.3 is 14.2 Å². The van der Waals surface area contributed by atoms with Gasteiger partial charge in [-0.3, -0.25) is 9.69 Å². The number of hydrogen-bond acceptors (Lipinski definition) is 6. The van der Waals surface area contributed by atoms with Gasteiger partial charge in [-0.15, -0.1) is 0 Å². The maximum atomic E-state index is 13.5. The molecule has 0 saturated carbocycles. The average Bonchev–Trinajstić information content (AvgIpc) is 3.25. The Labute approximate surface area is 181 Å². The monoisotopic (exact) mass is 427 g/mol. The number of hydrazone groups is 1. The van der Waals surface area contributed by atoms with Gasteiger partial charge in [-0.1, -0.05) is 12.1 Å². The summed E-state index contributed by atoms with van der Waals surface area (Å²) >= 11 is 0. The maximum Gasteiger partial charge on any atom is 0.257 e. The fourth-order valence-electron chi connectivity index (χ4n) is 3.91. The minimum Gasteiger partial charge on any atom is -0.497 e. The molecule has 1 atom stereocenters. The largest absolute Gasteiger partial charge is 0.497 e. The first-order valence-electron chi connectivity index (χ1n) is 10.3. The van der Waals surface area contributed by atoms with E-state index in [-0.39, 0.29) is 24.3 Å². The summed E-state index contributed by atoms with van der Waals surface area (Å²) in [5, 5.41) is 6.23. The van der Waals surface area contributed by atoms with Gasteiger partial charge in [-0.25, -0.2) is 9.40 Å². The molecule has 2 heterocycles. The van der Waals surface area contributed by atoms with Gasteiger partial charge >= 0.3 is 0 Å². The molecule has 4 rings (SSSR count). The number of ether oxygens (including phenoxy) is 3. The summed E-state index contributed by atoms with van der Waals surface area (Å²) in [4.78, 5) is 15.3. The number of carbonyl (C=O) groups is 1. The topological polar surface area (TPSA) is 63.6 Å². The molecule has 2 aromatic rings. The van der Waals surface area contributed by atoms with Crippen molar-refractivity contribution in [2.75, 3.05) is 47.1 Å². The van der Waals surface area contributed by atoms with Gasteiger partial charge in [0, 0.05) is 31.1 Å². The van der Waals surface area contributed by atoms with E-state index in [0.29, 0.717) is 44.2 Å². The SMILES string of the molecule is COc1ccc(C2=NN(C(=O)CN3CCOCC3)[C@H](c3ccc(F)cc3)C2)c(OC)c1. The van der Waals surface area contributed by atoms with Crippen LogP contribution in [-0.2, 0) is 9.53 Å². The molecule has 8 heteroatoms. The van der Waals surface area contributed by atoms with Crippen LogP contribution < -0.4 is 9.47 Å². The van der Waals surface area contributed by atoms with Gasteiger partial charge in [-0.05, 0) is 29.8 Å². The van der Waals surface area contributed by atoms with Crippen LogP contribution in [0.4, 0.5) is 4.39 Å². The standard InChI is InChI=1S/C23H26FN3O4/c1-29-18-7-8-19(22(13-18)30-2)20-14-21(16-3-5-17(24)6-4-16)27(25-20)23(28)15-26-9-11-31-12-10-26/h3-8,13,21H,9-12,14-15H2,1-2H3/t21-/m0/s1. The van der Waals surface area contributed by atoms with Crippen LogP contribution in [0.25, 0.3) is 0 Å². The van der Waals surface area contributed by atoms with Crippen molar-refractivity contribution in [1.82, 2.24) is 9.91 Å². The Morgan fingerprint density at radius 2 is 1.87 bits per heavy atom. The highest BCUT2D eigenvalue weighted by atomic mass is 19.1. The number of benzene rings is 2. The van der Waals surface area contributed by atoms with E-state index in [1.807, 2.05) is 12.1 Å². The fourth-order valence-corrected chi connectivity index (χ4v) is 3.91. The number of carbonyl (C=O) groups excluding carboxylic acids is 1. The van der Waals surface area contributed by atoms with Crippen molar-refractivity contribution < 1.29 is 23.4 Å². The summed E-state index contributed by atoms with van der Waals surface area (Å²) in [5.41, 5.74) is 2.38. The lowest BCUT2D eigenvalue weighted by atomic mass is 9.97. The van der Waals surface area contributed by atoms with Crippen LogP contribution in [0.5, 0.6) is 11.5 Å². The predicted octanol–water partition coefficient (Wildman–Crippen LogP) is 2.85. The molecule has 1 fully saturated rings. The van der Waals surface area contributed by atoms with E-state index in [1.54, 1.807) is 32.4 Å². The zero-order chi connectivity index (χ0) is 21.8. The average molecular weight is 427 g/mol. The van der Waals surface area contributed by atoms with Gasteiger partial charge in [-0.2, -0.15) is 5.10 Å². The molecule has 0 radical (unpaired) electrons. The van der Waals surface area contributed by atoms with E-state index in [9.17, 15) is 9.18 Å². The van der Waals surface area contributed by atoms with Gasteiger partial charge in [0.1, 0.15) is 17.3 Å². The molecule has 2 aromatic carbocycles. The van der Waals surface area contributed by atoms with Crippen LogP contribution in [0.3, 0.4) is 0 Å². The first kappa shape index (κ1) is 21.3. The number of morpholine rings is 1. The highest BCUT2D eigenvalue weighted by Crippen LogP contribution is 2.36. The lowest BCUT2D eigenvalue weighted by Gasteiger charge is -2.29. The molecule has 0 N–H and O–H groups in total. The third kappa shape index (κ3) is 4.70. The second kappa shape index (κ2) is 9.45. The van der Waals surface area contributed by atoms with E-state index >= 15 is 0 Å². The van der Waals surface area contributed by atoms with E-state index in [0.717, 1.165) is 16.8 Å². The third-order valence-electron chi connectivity index (χ3n) is 5.60. The number of rotatable bonds is 6. The normalized spacial score (nSPS) is 19.3. The van der Waals surface area contributed by atoms with Crippen LogP contribution >= 0.6 is 0 Å². The fraction of sp³-hybridized carbons (Fsp3) is 0.391. The van der Waals surface area contributed by atoms with Crippen molar-refractivity contribution in [3.63, 3.8) is 0 Å². The van der Waals surface area contributed by atoms with Crippen LogP contribution in [-0.4, -0.2) is 68.6 Å². The highest BCUT2D eigenvalue weighted by Gasteiger charge is 2.34. The van der Waals surface area contributed by atoms with Crippen LogP contribution in [0, 0.1) is 5.82 Å². The molecule has 0 bridgehead atoms. The molecule has 0 aliphatic carbocycles. The minimum atomic E-state index is -0.314. The van der Waals surface area contributed by atoms with Crippen molar-refractivity contribution in [2.45, 2.75) is 12.5 Å².